The number of nitrogens with zero attached hydrogens (tertiary/aromatic N) is 1. The Bertz CT molecular complexity index is 471. The normalized spacial score (nSPS) is 10.1. The summed E-state index contributed by atoms with van der Waals surface area (Å²) in [6.45, 7) is 7.24. The smallest absolute Gasteiger partial charge is 0.231 e. The predicted octanol–water partition coefficient (Wildman–Crippen LogP) is 3.10. The maximum atomic E-state index is 11.5. The van der Waals surface area contributed by atoms with E-state index in [2.05, 4.69) is 24.1 Å². The summed E-state index contributed by atoms with van der Waals surface area (Å²) in [6, 6.07) is 5.36. The van der Waals surface area contributed by atoms with E-state index in [4.69, 9.17) is 11.6 Å². The van der Waals surface area contributed by atoms with Crippen molar-refractivity contribution in [3.8, 4) is 0 Å². The Hall–Kier alpha value is -1.55. The molecule has 1 aromatic rings. The van der Waals surface area contributed by atoms with Crippen LogP contribution in [0.1, 0.15) is 27.2 Å². The number of nitrogens with one attached hydrogen (secondary N) is 1. The van der Waals surface area contributed by atoms with E-state index in [0.29, 0.717) is 10.7 Å². The quantitative estimate of drug-likeness (QED) is 0.816. The predicted molar refractivity (Wildman–Crippen MR) is 78.9 cm³/mol. The summed E-state index contributed by atoms with van der Waals surface area (Å²) in [6.07, 6.45) is -0.116. The lowest BCUT2D eigenvalue weighted by molar-refractivity contribution is -0.124. The van der Waals surface area contributed by atoms with Gasteiger partial charge in [-0.1, -0.05) is 11.6 Å². The monoisotopic (exact) mass is 282 g/mol. The molecule has 0 saturated carbocycles. The molecule has 0 aliphatic heterocycles. The van der Waals surface area contributed by atoms with Gasteiger partial charge in [0.25, 0.3) is 0 Å². The van der Waals surface area contributed by atoms with Crippen LogP contribution in [0.15, 0.2) is 18.2 Å². The number of halogens is 1. The molecule has 0 unspecified atom stereocenters. The lowest BCUT2D eigenvalue weighted by atomic mass is 10.2. The number of hydrogen-bond donors (Lipinski definition) is 1. The molecule has 0 bridgehead atoms. The zero-order valence-corrected chi connectivity index (χ0v) is 12.3. The van der Waals surface area contributed by atoms with Crippen LogP contribution in [-0.4, -0.2) is 24.8 Å². The number of benzene rings is 1. The van der Waals surface area contributed by atoms with Crippen LogP contribution in [0.25, 0.3) is 0 Å². The van der Waals surface area contributed by atoms with Crippen molar-refractivity contribution in [2.75, 3.05) is 23.3 Å². The molecule has 1 rings (SSSR count). The molecule has 5 heteroatoms. The first-order valence-corrected chi connectivity index (χ1v) is 6.69. The van der Waals surface area contributed by atoms with Crippen molar-refractivity contribution in [3.63, 3.8) is 0 Å². The van der Waals surface area contributed by atoms with Gasteiger partial charge in [-0.05, 0) is 39.0 Å². The third-order valence-electron chi connectivity index (χ3n) is 2.75. The van der Waals surface area contributed by atoms with E-state index in [1.807, 2.05) is 6.07 Å². The van der Waals surface area contributed by atoms with Gasteiger partial charge >= 0.3 is 0 Å². The molecule has 4 nitrogen and oxygen atoms in total. The van der Waals surface area contributed by atoms with Crippen LogP contribution in [0, 0.1) is 0 Å². The molecular weight excluding hydrogens is 264 g/mol. The SMILES string of the molecule is CCN(CC)c1ccc(NC(=O)CC(C)=O)cc1Cl. The van der Waals surface area contributed by atoms with Gasteiger partial charge in [0.15, 0.2) is 0 Å². The fourth-order valence-corrected chi connectivity index (χ4v) is 2.14. The van der Waals surface area contributed by atoms with Crippen molar-refractivity contribution >= 4 is 34.7 Å². The van der Waals surface area contributed by atoms with Gasteiger partial charge in [-0.3, -0.25) is 9.59 Å². The zero-order chi connectivity index (χ0) is 14.4. The molecule has 0 aliphatic carbocycles. The molecule has 0 saturated heterocycles. The number of carbonyl (C=O) groups is 2. The number of Topliss-reactive ketones (excluding diaryl/α,β-unsaturated/α-hetero) is 1. The van der Waals surface area contributed by atoms with Gasteiger partial charge in [0.05, 0.1) is 17.1 Å². The van der Waals surface area contributed by atoms with Crippen LogP contribution in [0.2, 0.25) is 5.02 Å². The number of amides is 1. The Morgan fingerprint density at radius 1 is 1.26 bits per heavy atom. The van der Waals surface area contributed by atoms with E-state index < -0.39 is 0 Å². The summed E-state index contributed by atoms with van der Waals surface area (Å²) in [4.78, 5) is 24.4. The minimum atomic E-state index is -0.320. The summed E-state index contributed by atoms with van der Waals surface area (Å²) in [5, 5.41) is 3.24. The van der Waals surface area contributed by atoms with Crippen molar-refractivity contribution in [3.05, 3.63) is 23.2 Å². The van der Waals surface area contributed by atoms with E-state index in [0.717, 1.165) is 18.8 Å². The van der Waals surface area contributed by atoms with Crippen molar-refractivity contribution < 1.29 is 9.59 Å². The number of ketones is 1. The van der Waals surface area contributed by atoms with Gasteiger partial charge < -0.3 is 10.2 Å². The Kier molecular flexibility index (Phi) is 5.83. The lowest BCUT2D eigenvalue weighted by Crippen LogP contribution is -2.22. The van der Waals surface area contributed by atoms with Gasteiger partial charge in [0.1, 0.15) is 5.78 Å². The highest BCUT2D eigenvalue weighted by Crippen LogP contribution is 2.28. The summed E-state index contributed by atoms with van der Waals surface area (Å²) >= 11 is 6.21. The average molecular weight is 283 g/mol. The minimum absolute atomic E-state index is 0.116. The first-order valence-electron chi connectivity index (χ1n) is 6.31. The number of rotatable bonds is 6. The zero-order valence-electron chi connectivity index (χ0n) is 11.5. The van der Waals surface area contributed by atoms with Crippen molar-refractivity contribution in [1.82, 2.24) is 0 Å². The maximum Gasteiger partial charge on any atom is 0.231 e. The number of hydrogen-bond acceptors (Lipinski definition) is 3. The average Bonchev–Trinajstić information content (AvgIpc) is 2.32. The second-order valence-corrected chi connectivity index (χ2v) is 4.67. The van der Waals surface area contributed by atoms with Gasteiger partial charge in [-0.15, -0.1) is 0 Å². The second kappa shape index (κ2) is 7.14. The van der Waals surface area contributed by atoms with Gasteiger partial charge in [-0.25, -0.2) is 0 Å². The van der Waals surface area contributed by atoms with Crippen LogP contribution in [0.5, 0.6) is 0 Å². The molecule has 0 heterocycles. The van der Waals surface area contributed by atoms with Crippen LogP contribution >= 0.6 is 11.6 Å². The van der Waals surface area contributed by atoms with Gasteiger partial charge in [-0.2, -0.15) is 0 Å². The molecule has 0 fully saturated rings. The topological polar surface area (TPSA) is 49.4 Å². The fraction of sp³-hybridized carbons (Fsp3) is 0.429. The Labute approximate surface area is 118 Å². The standard InChI is InChI=1S/C14H19ClN2O2/c1-4-17(5-2)13-7-6-11(9-12(13)15)16-14(19)8-10(3)18/h6-7,9H,4-5,8H2,1-3H3,(H,16,19). The molecule has 104 valence electrons. The Morgan fingerprint density at radius 2 is 1.89 bits per heavy atom. The molecule has 0 spiro atoms. The van der Waals surface area contributed by atoms with Crippen molar-refractivity contribution in [2.45, 2.75) is 27.2 Å². The summed E-state index contributed by atoms with van der Waals surface area (Å²) < 4.78 is 0. The molecule has 0 aliphatic rings. The molecule has 19 heavy (non-hydrogen) atoms. The third kappa shape index (κ3) is 4.56. The van der Waals surface area contributed by atoms with Crippen molar-refractivity contribution in [1.29, 1.82) is 0 Å². The highest BCUT2D eigenvalue weighted by atomic mass is 35.5. The largest absolute Gasteiger partial charge is 0.371 e. The molecule has 1 N–H and O–H groups in total. The number of anilines is 2. The van der Waals surface area contributed by atoms with Crippen LogP contribution < -0.4 is 10.2 Å². The summed E-state index contributed by atoms with van der Waals surface area (Å²) in [7, 11) is 0. The van der Waals surface area contributed by atoms with Gasteiger partial charge in [0.2, 0.25) is 5.91 Å². The minimum Gasteiger partial charge on any atom is -0.371 e. The van der Waals surface area contributed by atoms with E-state index >= 15 is 0 Å². The first kappa shape index (κ1) is 15.5. The summed E-state index contributed by atoms with van der Waals surface area (Å²) in [5.74, 6) is -0.484. The van der Waals surface area contributed by atoms with Crippen LogP contribution in [0.4, 0.5) is 11.4 Å². The van der Waals surface area contributed by atoms with E-state index in [-0.39, 0.29) is 18.1 Å². The highest BCUT2D eigenvalue weighted by molar-refractivity contribution is 6.33. The molecule has 1 amide bonds. The first-order chi connectivity index (χ1) is 8.97. The highest BCUT2D eigenvalue weighted by Gasteiger charge is 2.10. The third-order valence-corrected chi connectivity index (χ3v) is 3.05. The van der Waals surface area contributed by atoms with Crippen LogP contribution in [0.3, 0.4) is 0 Å². The lowest BCUT2D eigenvalue weighted by Gasteiger charge is -2.22. The second-order valence-electron chi connectivity index (χ2n) is 4.27. The van der Waals surface area contributed by atoms with Crippen LogP contribution in [-0.2, 0) is 9.59 Å². The molecule has 1 aromatic carbocycles. The van der Waals surface area contributed by atoms with Crippen molar-refractivity contribution in [2.24, 2.45) is 0 Å². The fourth-order valence-electron chi connectivity index (χ4n) is 1.84. The molecule has 0 aromatic heterocycles. The molecule has 0 atom stereocenters. The number of carbonyl (C=O) groups excluding carboxylic acids is 2. The summed E-state index contributed by atoms with van der Waals surface area (Å²) in [5.41, 5.74) is 1.54. The molecule has 0 radical (unpaired) electrons. The van der Waals surface area contributed by atoms with E-state index in [1.165, 1.54) is 6.92 Å². The van der Waals surface area contributed by atoms with E-state index in [1.54, 1.807) is 12.1 Å². The van der Waals surface area contributed by atoms with E-state index in [9.17, 15) is 9.59 Å². The maximum absolute atomic E-state index is 11.5. The Balaban J connectivity index is 2.82. The molecular formula is C14H19ClN2O2. The Morgan fingerprint density at radius 3 is 2.37 bits per heavy atom. The van der Waals surface area contributed by atoms with Gasteiger partial charge in [0, 0.05) is 18.8 Å².